The van der Waals surface area contributed by atoms with Crippen molar-refractivity contribution < 1.29 is 14.3 Å². The minimum absolute atomic E-state index is 0.0517. The van der Waals surface area contributed by atoms with Gasteiger partial charge in [0.25, 0.3) is 0 Å². The largest absolute Gasteiger partial charge is 0.365 e. The fourth-order valence-corrected chi connectivity index (χ4v) is 3.05. The smallest absolute Gasteiger partial charge is 0.248 e. The van der Waals surface area contributed by atoms with Crippen molar-refractivity contribution in [3.63, 3.8) is 0 Å². The molecule has 6 nitrogen and oxygen atoms in total. The molecule has 3 atom stereocenters. The summed E-state index contributed by atoms with van der Waals surface area (Å²) in [6, 6.07) is 4.04. The third-order valence-corrected chi connectivity index (χ3v) is 4.78. The van der Waals surface area contributed by atoms with E-state index in [9.17, 15) is 9.59 Å². The zero-order valence-corrected chi connectivity index (χ0v) is 14.1. The van der Waals surface area contributed by atoms with Crippen molar-refractivity contribution in [3.8, 4) is 0 Å². The Kier molecular flexibility index (Phi) is 4.43. The number of amides is 2. The standard InChI is InChI=1S/C17H25N3O3/c1-12-7-15(12)17(22)20-8-13-5-4-6-19(13)9-14(10-20)23-11-16(21)18(2)3/h4-6,12,14-15H,7-11H2,1-3H3/t12-,14+,15+/m1/s1. The van der Waals surface area contributed by atoms with E-state index >= 15 is 0 Å². The van der Waals surface area contributed by atoms with E-state index in [4.69, 9.17) is 4.74 Å². The summed E-state index contributed by atoms with van der Waals surface area (Å²) in [5.74, 6) is 0.822. The van der Waals surface area contributed by atoms with Gasteiger partial charge in [-0.15, -0.1) is 0 Å². The minimum Gasteiger partial charge on any atom is -0.365 e. The Morgan fingerprint density at radius 1 is 1.35 bits per heavy atom. The van der Waals surface area contributed by atoms with Crippen LogP contribution in [-0.2, 0) is 27.4 Å². The Labute approximate surface area is 137 Å². The molecule has 0 unspecified atom stereocenters. The number of carbonyl (C=O) groups excluding carboxylic acids is 2. The van der Waals surface area contributed by atoms with Gasteiger partial charge >= 0.3 is 0 Å². The first-order chi connectivity index (χ1) is 11.0. The Morgan fingerprint density at radius 2 is 2.09 bits per heavy atom. The van der Waals surface area contributed by atoms with E-state index in [0.29, 0.717) is 25.6 Å². The highest BCUT2D eigenvalue weighted by molar-refractivity contribution is 5.81. The van der Waals surface area contributed by atoms with Crippen molar-refractivity contribution in [3.05, 3.63) is 24.0 Å². The number of nitrogens with zero attached hydrogens (tertiary/aromatic N) is 3. The van der Waals surface area contributed by atoms with E-state index in [1.165, 1.54) is 4.90 Å². The van der Waals surface area contributed by atoms with Crippen molar-refractivity contribution in [2.75, 3.05) is 27.2 Å². The number of rotatable bonds is 4. The van der Waals surface area contributed by atoms with Crippen LogP contribution < -0.4 is 0 Å². The molecule has 126 valence electrons. The molecular weight excluding hydrogens is 294 g/mol. The molecule has 23 heavy (non-hydrogen) atoms. The second-order valence-electron chi connectivity index (χ2n) is 6.91. The molecule has 6 heteroatoms. The Bertz CT molecular complexity index is 596. The van der Waals surface area contributed by atoms with Gasteiger partial charge in [0.05, 0.1) is 19.2 Å². The van der Waals surface area contributed by atoms with Crippen molar-refractivity contribution in [2.24, 2.45) is 11.8 Å². The molecule has 0 N–H and O–H groups in total. The SMILES string of the molecule is C[C@@H]1C[C@@H]1C(=O)N1Cc2cccn2C[C@H](OCC(=O)N(C)C)C1. The summed E-state index contributed by atoms with van der Waals surface area (Å²) < 4.78 is 7.93. The molecule has 0 aromatic carbocycles. The molecule has 2 amide bonds. The van der Waals surface area contributed by atoms with Gasteiger partial charge in [0.15, 0.2) is 0 Å². The van der Waals surface area contributed by atoms with Crippen molar-refractivity contribution in [1.29, 1.82) is 0 Å². The summed E-state index contributed by atoms with van der Waals surface area (Å²) >= 11 is 0. The molecule has 1 fully saturated rings. The maximum atomic E-state index is 12.6. The average Bonchev–Trinajstić information content (AvgIpc) is 3.14. The van der Waals surface area contributed by atoms with Crippen LogP contribution in [0.1, 0.15) is 19.0 Å². The van der Waals surface area contributed by atoms with E-state index in [0.717, 1.165) is 12.1 Å². The summed E-state index contributed by atoms with van der Waals surface area (Å²) in [5, 5.41) is 0. The minimum atomic E-state index is -0.162. The summed E-state index contributed by atoms with van der Waals surface area (Å²) in [4.78, 5) is 27.8. The number of hydrogen-bond donors (Lipinski definition) is 0. The Hall–Kier alpha value is -1.82. The Morgan fingerprint density at radius 3 is 2.74 bits per heavy atom. The molecule has 1 aliphatic carbocycles. The van der Waals surface area contributed by atoms with Crippen molar-refractivity contribution in [1.82, 2.24) is 14.4 Å². The number of hydrogen-bond acceptors (Lipinski definition) is 3. The maximum Gasteiger partial charge on any atom is 0.248 e. The van der Waals surface area contributed by atoms with E-state index in [1.807, 2.05) is 23.2 Å². The highest BCUT2D eigenvalue weighted by Crippen LogP contribution is 2.39. The van der Waals surface area contributed by atoms with Gasteiger partial charge in [-0.2, -0.15) is 0 Å². The lowest BCUT2D eigenvalue weighted by Crippen LogP contribution is -2.39. The highest BCUT2D eigenvalue weighted by atomic mass is 16.5. The molecule has 0 saturated heterocycles. The van der Waals surface area contributed by atoms with Gasteiger partial charge in [0.2, 0.25) is 11.8 Å². The first kappa shape index (κ1) is 16.1. The van der Waals surface area contributed by atoms with Crippen LogP contribution in [0.15, 0.2) is 18.3 Å². The number of aromatic nitrogens is 1. The highest BCUT2D eigenvalue weighted by Gasteiger charge is 2.42. The second-order valence-corrected chi connectivity index (χ2v) is 6.91. The number of ether oxygens (including phenoxy) is 1. The predicted octanol–water partition coefficient (Wildman–Crippen LogP) is 0.960. The molecule has 1 aromatic rings. The number of likely N-dealkylation sites (N-methyl/N-ethyl adjacent to an activating group) is 1. The van der Waals surface area contributed by atoms with E-state index in [2.05, 4.69) is 11.5 Å². The first-order valence-corrected chi connectivity index (χ1v) is 8.20. The molecule has 2 heterocycles. The lowest BCUT2D eigenvalue weighted by molar-refractivity contribution is -0.139. The molecule has 0 bridgehead atoms. The van der Waals surface area contributed by atoms with Crippen LogP contribution in [0.2, 0.25) is 0 Å². The first-order valence-electron chi connectivity index (χ1n) is 8.20. The van der Waals surface area contributed by atoms with Crippen LogP contribution in [0, 0.1) is 11.8 Å². The molecule has 0 spiro atoms. The molecular formula is C17H25N3O3. The van der Waals surface area contributed by atoms with Crippen LogP contribution >= 0.6 is 0 Å². The van der Waals surface area contributed by atoms with Gasteiger partial charge < -0.3 is 19.1 Å². The summed E-state index contributed by atoms with van der Waals surface area (Å²) in [6.45, 7) is 4.01. The van der Waals surface area contributed by atoms with Gasteiger partial charge in [-0.1, -0.05) is 6.92 Å². The van der Waals surface area contributed by atoms with Crippen LogP contribution in [0.3, 0.4) is 0 Å². The van der Waals surface area contributed by atoms with Gasteiger partial charge in [-0.3, -0.25) is 9.59 Å². The lowest BCUT2D eigenvalue weighted by atomic mass is 10.2. The van der Waals surface area contributed by atoms with Crippen LogP contribution in [0.25, 0.3) is 0 Å². The van der Waals surface area contributed by atoms with E-state index < -0.39 is 0 Å². The molecule has 2 aliphatic rings. The summed E-state index contributed by atoms with van der Waals surface area (Å²) in [5.41, 5.74) is 1.12. The van der Waals surface area contributed by atoms with Crippen molar-refractivity contribution in [2.45, 2.75) is 32.5 Å². The third-order valence-electron chi connectivity index (χ3n) is 4.78. The molecule has 1 aliphatic heterocycles. The van der Waals surface area contributed by atoms with Gasteiger partial charge in [-0.25, -0.2) is 0 Å². The topological polar surface area (TPSA) is 54.8 Å². The summed E-state index contributed by atoms with van der Waals surface area (Å²) in [6.07, 6.45) is 2.83. The van der Waals surface area contributed by atoms with Crippen LogP contribution in [0.5, 0.6) is 0 Å². The molecule has 3 rings (SSSR count). The quantitative estimate of drug-likeness (QED) is 0.831. The fourth-order valence-electron chi connectivity index (χ4n) is 3.05. The van der Waals surface area contributed by atoms with E-state index in [-0.39, 0.29) is 30.4 Å². The monoisotopic (exact) mass is 319 g/mol. The molecule has 0 radical (unpaired) electrons. The predicted molar refractivity (Wildman–Crippen MR) is 85.6 cm³/mol. The maximum absolute atomic E-state index is 12.6. The normalized spacial score (nSPS) is 26.4. The Balaban J connectivity index is 1.70. The zero-order chi connectivity index (χ0) is 16.6. The molecule has 1 aromatic heterocycles. The third kappa shape index (κ3) is 3.58. The average molecular weight is 319 g/mol. The molecule has 1 saturated carbocycles. The van der Waals surface area contributed by atoms with Gasteiger partial charge in [0.1, 0.15) is 6.61 Å². The lowest BCUT2D eigenvalue weighted by Gasteiger charge is -2.25. The number of carbonyl (C=O) groups is 2. The van der Waals surface area contributed by atoms with Gasteiger partial charge in [-0.05, 0) is 24.5 Å². The van der Waals surface area contributed by atoms with Crippen LogP contribution in [0.4, 0.5) is 0 Å². The van der Waals surface area contributed by atoms with E-state index in [1.54, 1.807) is 14.1 Å². The van der Waals surface area contributed by atoms with Gasteiger partial charge in [0, 0.05) is 38.4 Å². The van der Waals surface area contributed by atoms with Crippen molar-refractivity contribution >= 4 is 11.8 Å². The zero-order valence-electron chi connectivity index (χ0n) is 14.1. The fraction of sp³-hybridized carbons (Fsp3) is 0.647. The number of fused-ring (bicyclic) bond motifs is 1. The second kappa shape index (κ2) is 6.35. The van der Waals surface area contributed by atoms with Crippen LogP contribution in [-0.4, -0.2) is 59.5 Å². The summed E-state index contributed by atoms with van der Waals surface area (Å²) in [7, 11) is 3.43.